The largest absolute Gasteiger partial charge is 0.455 e. The van der Waals surface area contributed by atoms with Crippen LogP contribution in [0, 0.1) is 0 Å². The van der Waals surface area contributed by atoms with Crippen LogP contribution in [0.1, 0.15) is 6.42 Å². The van der Waals surface area contributed by atoms with Crippen molar-refractivity contribution in [3.05, 3.63) is 0 Å². The van der Waals surface area contributed by atoms with E-state index in [2.05, 4.69) is 4.74 Å². The summed E-state index contributed by atoms with van der Waals surface area (Å²) in [5.41, 5.74) is 0. The Morgan fingerprint density at radius 3 is 2.73 bits per heavy atom. The van der Waals surface area contributed by atoms with E-state index in [4.69, 9.17) is 15.3 Å². The molecule has 0 aromatic heterocycles. The minimum absolute atomic E-state index is 0.0654. The molecule has 0 aromatic carbocycles. The Morgan fingerprint density at radius 2 is 2.18 bits per heavy atom. The van der Waals surface area contributed by atoms with E-state index in [1.54, 1.807) is 0 Å². The molecule has 5 nitrogen and oxygen atoms in total. The SMILES string of the molecule is O=C1O[C@H](CO)[C@@H](O)C[C@H]1O. The lowest BCUT2D eigenvalue weighted by Gasteiger charge is -2.28. The zero-order valence-electron chi connectivity index (χ0n) is 5.80. The number of carbonyl (C=O) groups is 1. The molecule has 0 radical (unpaired) electrons. The summed E-state index contributed by atoms with van der Waals surface area (Å²) in [6.07, 6.45) is -3.17. The molecule has 0 aromatic rings. The molecule has 5 heteroatoms. The molecular weight excluding hydrogens is 152 g/mol. The molecule has 1 aliphatic rings. The Bertz CT molecular complexity index is 157. The van der Waals surface area contributed by atoms with Crippen LogP contribution in [-0.4, -0.2) is 46.2 Å². The summed E-state index contributed by atoms with van der Waals surface area (Å²) >= 11 is 0. The molecule has 11 heavy (non-hydrogen) atoms. The highest BCUT2D eigenvalue weighted by molar-refractivity contribution is 5.75. The van der Waals surface area contributed by atoms with Gasteiger partial charge in [-0.1, -0.05) is 0 Å². The number of aliphatic hydroxyl groups is 3. The molecule has 64 valence electrons. The van der Waals surface area contributed by atoms with Gasteiger partial charge in [0.05, 0.1) is 12.7 Å². The van der Waals surface area contributed by atoms with Gasteiger partial charge in [0.1, 0.15) is 0 Å². The van der Waals surface area contributed by atoms with Gasteiger partial charge in [-0.3, -0.25) is 0 Å². The maximum Gasteiger partial charge on any atom is 0.335 e. The number of esters is 1. The second kappa shape index (κ2) is 3.17. The Hall–Kier alpha value is -0.650. The summed E-state index contributed by atoms with van der Waals surface area (Å²) in [7, 11) is 0. The van der Waals surface area contributed by atoms with E-state index in [1.165, 1.54) is 0 Å². The minimum atomic E-state index is -1.26. The second-order valence-corrected chi connectivity index (χ2v) is 2.48. The highest BCUT2D eigenvalue weighted by Gasteiger charge is 2.34. The van der Waals surface area contributed by atoms with Gasteiger partial charge < -0.3 is 20.1 Å². The first-order chi connectivity index (χ1) is 5.15. The second-order valence-electron chi connectivity index (χ2n) is 2.48. The van der Waals surface area contributed by atoms with E-state index in [1.807, 2.05) is 0 Å². The smallest absolute Gasteiger partial charge is 0.335 e. The molecule has 1 heterocycles. The Labute approximate surface area is 63.2 Å². The number of hydrogen-bond donors (Lipinski definition) is 3. The van der Waals surface area contributed by atoms with Crippen LogP contribution in [0.3, 0.4) is 0 Å². The van der Waals surface area contributed by atoms with E-state index in [0.717, 1.165) is 0 Å². The van der Waals surface area contributed by atoms with Crippen molar-refractivity contribution in [2.24, 2.45) is 0 Å². The van der Waals surface area contributed by atoms with Gasteiger partial charge >= 0.3 is 5.97 Å². The van der Waals surface area contributed by atoms with Gasteiger partial charge in [0.15, 0.2) is 12.2 Å². The van der Waals surface area contributed by atoms with Crippen LogP contribution in [0.5, 0.6) is 0 Å². The molecule has 0 spiro atoms. The molecule has 0 aliphatic carbocycles. The van der Waals surface area contributed by atoms with Crippen molar-refractivity contribution in [1.29, 1.82) is 0 Å². The highest BCUT2D eigenvalue weighted by Crippen LogP contribution is 2.14. The number of aliphatic hydroxyl groups excluding tert-OH is 3. The average Bonchev–Trinajstić information content (AvgIpc) is 1.97. The van der Waals surface area contributed by atoms with Crippen LogP contribution in [0.15, 0.2) is 0 Å². The Balaban J connectivity index is 2.54. The maximum atomic E-state index is 10.6. The molecule has 3 atom stereocenters. The van der Waals surface area contributed by atoms with Gasteiger partial charge in [-0.15, -0.1) is 0 Å². The minimum Gasteiger partial charge on any atom is -0.455 e. The number of hydrogen-bond acceptors (Lipinski definition) is 5. The fourth-order valence-corrected chi connectivity index (χ4v) is 0.942. The first-order valence-corrected chi connectivity index (χ1v) is 3.32. The monoisotopic (exact) mass is 162 g/mol. The number of ether oxygens (including phenoxy) is 1. The Morgan fingerprint density at radius 1 is 1.55 bits per heavy atom. The van der Waals surface area contributed by atoms with Crippen LogP contribution in [0.4, 0.5) is 0 Å². The molecule has 0 bridgehead atoms. The molecule has 0 saturated carbocycles. The summed E-state index contributed by atoms with van der Waals surface area (Å²) in [5, 5.41) is 26.5. The quantitative estimate of drug-likeness (QED) is 0.389. The zero-order valence-corrected chi connectivity index (χ0v) is 5.80. The van der Waals surface area contributed by atoms with E-state index in [0.29, 0.717) is 0 Å². The summed E-state index contributed by atoms with van der Waals surface area (Å²) in [6, 6.07) is 0. The van der Waals surface area contributed by atoms with Gasteiger partial charge in [-0.25, -0.2) is 4.79 Å². The summed E-state index contributed by atoms with van der Waals surface area (Å²) < 4.78 is 4.47. The van der Waals surface area contributed by atoms with Crippen molar-refractivity contribution in [3.8, 4) is 0 Å². The van der Waals surface area contributed by atoms with Crippen LogP contribution in [0.2, 0.25) is 0 Å². The van der Waals surface area contributed by atoms with Crippen LogP contribution in [-0.2, 0) is 9.53 Å². The number of cyclic esters (lactones) is 1. The first kappa shape index (κ1) is 8.45. The molecule has 1 fully saturated rings. The summed E-state index contributed by atoms with van der Waals surface area (Å²) in [4.78, 5) is 10.6. The fraction of sp³-hybridized carbons (Fsp3) is 0.833. The molecule has 3 N–H and O–H groups in total. The third kappa shape index (κ3) is 1.68. The average molecular weight is 162 g/mol. The van der Waals surface area contributed by atoms with E-state index in [-0.39, 0.29) is 6.42 Å². The van der Waals surface area contributed by atoms with Gasteiger partial charge in [0.2, 0.25) is 0 Å². The van der Waals surface area contributed by atoms with Crippen molar-refractivity contribution in [2.75, 3.05) is 6.61 Å². The van der Waals surface area contributed by atoms with Crippen molar-refractivity contribution >= 4 is 5.97 Å². The standard InChI is InChI=1S/C6H10O5/c7-2-5-3(8)1-4(9)6(10)11-5/h3-5,7-9H,1-2H2/t3-,4+,5+/m0/s1. The highest BCUT2D eigenvalue weighted by atomic mass is 16.6. The zero-order chi connectivity index (χ0) is 8.43. The van der Waals surface area contributed by atoms with E-state index < -0.39 is 30.9 Å². The topological polar surface area (TPSA) is 87.0 Å². The molecule has 1 rings (SSSR count). The molecule has 0 unspecified atom stereocenters. The van der Waals surface area contributed by atoms with Crippen LogP contribution < -0.4 is 0 Å². The van der Waals surface area contributed by atoms with Crippen LogP contribution in [0.25, 0.3) is 0 Å². The predicted octanol–water partition coefficient (Wildman–Crippen LogP) is -1.98. The van der Waals surface area contributed by atoms with Crippen molar-refractivity contribution in [3.63, 3.8) is 0 Å². The molecule has 0 amide bonds. The number of rotatable bonds is 1. The normalized spacial score (nSPS) is 38.5. The van der Waals surface area contributed by atoms with Gasteiger partial charge in [-0.05, 0) is 0 Å². The first-order valence-electron chi connectivity index (χ1n) is 3.32. The lowest BCUT2D eigenvalue weighted by Crippen LogP contribution is -2.46. The Kier molecular flexibility index (Phi) is 2.43. The van der Waals surface area contributed by atoms with Crippen molar-refractivity contribution in [2.45, 2.75) is 24.7 Å². The predicted molar refractivity (Wildman–Crippen MR) is 33.6 cm³/mol. The lowest BCUT2D eigenvalue weighted by molar-refractivity contribution is -0.183. The summed E-state index contributed by atoms with van der Waals surface area (Å²) in [5.74, 6) is -0.783. The van der Waals surface area contributed by atoms with Crippen molar-refractivity contribution < 1.29 is 24.9 Å². The third-order valence-electron chi connectivity index (χ3n) is 1.61. The molecule has 1 aliphatic heterocycles. The maximum absolute atomic E-state index is 10.6. The molecular formula is C6H10O5. The van der Waals surface area contributed by atoms with E-state index in [9.17, 15) is 4.79 Å². The molecule has 1 saturated heterocycles. The van der Waals surface area contributed by atoms with Gasteiger partial charge in [0, 0.05) is 6.42 Å². The van der Waals surface area contributed by atoms with Crippen LogP contribution >= 0.6 is 0 Å². The van der Waals surface area contributed by atoms with E-state index >= 15 is 0 Å². The fourth-order valence-electron chi connectivity index (χ4n) is 0.942. The van der Waals surface area contributed by atoms with Gasteiger partial charge in [0.25, 0.3) is 0 Å². The van der Waals surface area contributed by atoms with Crippen molar-refractivity contribution in [1.82, 2.24) is 0 Å². The lowest BCUT2D eigenvalue weighted by atomic mass is 10.0. The summed E-state index contributed by atoms with van der Waals surface area (Å²) in [6.45, 7) is -0.417. The van der Waals surface area contributed by atoms with Gasteiger partial charge in [-0.2, -0.15) is 0 Å². The number of carbonyl (C=O) groups excluding carboxylic acids is 1. The third-order valence-corrected chi connectivity index (χ3v) is 1.61.